The van der Waals surface area contributed by atoms with E-state index in [1.54, 1.807) is 35.6 Å². The lowest BCUT2D eigenvalue weighted by Crippen LogP contribution is -2.46. The van der Waals surface area contributed by atoms with Gasteiger partial charge in [-0.3, -0.25) is 0 Å². The summed E-state index contributed by atoms with van der Waals surface area (Å²) in [7, 11) is 0. The molecule has 5 aromatic rings. The first kappa shape index (κ1) is 33.2. The minimum atomic E-state index is -1.12. The van der Waals surface area contributed by atoms with Crippen molar-refractivity contribution < 1.29 is 14.2 Å². The molecule has 256 valence electrons. The average Bonchev–Trinajstić information content (AvgIpc) is 3.88. The molecule has 3 aromatic heterocycles. The van der Waals surface area contributed by atoms with E-state index < -0.39 is 5.79 Å². The molecule has 0 bridgehead atoms. The first-order chi connectivity index (χ1) is 23.8. The Bertz CT molecular complexity index is 1910. The van der Waals surface area contributed by atoms with Gasteiger partial charge in [0.05, 0.1) is 48.1 Å². The van der Waals surface area contributed by atoms with Crippen LogP contribution < -0.4 is 20.2 Å². The molecule has 0 saturated carbocycles. The van der Waals surface area contributed by atoms with Gasteiger partial charge < -0.3 is 28.6 Å². The molecule has 0 aliphatic carbocycles. The van der Waals surface area contributed by atoms with Crippen molar-refractivity contribution in [3.05, 3.63) is 112 Å². The van der Waals surface area contributed by atoms with Crippen molar-refractivity contribution in [3.63, 3.8) is 0 Å². The third kappa shape index (κ3) is 7.04. The second-order valence-corrected chi connectivity index (χ2v) is 13.1. The van der Waals surface area contributed by atoms with Gasteiger partial charge in [-0.2, -0.15) is 5.10 Å². The Kier molecular flexibility index (Phi) is 9.64. The monoisotopic (exact) mass is 704 g/mol. The van der Waals surface area contributed by atoms with Gasteiger partial charge in [0.2, 0.25) is 11.7 Å². The number of anilines is 2. The van der Waals surface area contributed by atoms with E-state index >= 15 is 0 Å². The molecule has 2 aromatic carbocycles. The van der Waals surface area contributed by atoms with Crippen LogP contribution >= 0.6 is 23.2 Å². The second-order valence-electron chi connectivity index (χ2n) is 12.3. The molecule has 2 fully saturated rings. The lowest BCUT2D eigenvalue weighted by atomic mass is 10.1. The number of rotatable bonds is 11. The number of benzene rings is 2. The van der Waals surface area contributed by atoms with Crippen LogP contribution in [0.2, 0.25) is 10.0 Å². The lowest BCUT2D eigenvalue weighted by molar-refractivity contribution is -0.189. The van der Waals surface area contributed by atoms with E-state index in [-0.39, 0.29) is 24.4 Å². The zero-order valence-electron chi connectivity index (χ0n) is 27.4. The Morgan fingerprint density at radius 2 is 1.71 bits per heavy atom. The fourth-order valence-electron chi connectivity index (χ4n) is 6.21. The van der Waals surface area contributed by atoms with Gasteiger partial charge >= 0.3 is 5.69 Å². The largest absolute Gasteiger partial charge is 0.475 e. The maximum atomic E-state index is 12.8. The van der Waals surface area contributed by atoms with Gasteiger partial charge in [0.1, 0.15) is 19.0 Å². The Balaban J connectivity index is 0.925. The molecule has 7 rings (SSSR count). The zero-order chi connectivity index (χ0) is 34.0. The standard InChI is InChI=1S/C35H38Cl2N8O4/c1-3-25(2)45-34(46)44(24-40-45)28-7-5-27(6-8-28)42-14-16-43(17-15-42)29-9-11-33(39-19-29)47-20-30-21-48-35(49-30,22-41-13-12-38-23-41)31-10-4-26(36)18-32(31)37/h4-13,18-19,23-25,30H,3,14-17,20-22H2,1-2H3/t25-,30-,35-/m1/s1. The van der Waals surface area contributed by atoms with Crippen molar-refractivity contribution in [3.8, 4) is 11.6 Å². The van der Waals surface area contributed by atoms with Crippen molar-refractivity contribution in [2.45, 2.75) is 44.7 Å². The van der Waals surface area contributed by atoms with Gasteiger partial charge in [0.15, 0.2) is 0 Å². The molecule has 0 amide bonds. The molecular weight excluding hydrogens is 667 g/mol. The molecule has 2 aliphatic heterocycles. The Labute approximate surface area is 294 Å². The van der Waals surface area contributed by atoms with Crippen LogP contribution in [-0.4, -0.2) is 74.4 Å². The fourth-order valence-corrected chi connectivity index (χ4v) is 6.77. The number of halogens is 2. The molecular formula is C35H38Cl2N8O4. The minimum Gasteiger partial charge on any atom is -0.475 e. The second kappa shape index (κ2) is 14.2. The maximum absolute atomic E-state index is 12.8. The summed E-state index contributed by atoms with van der Waals surface area (Å²) in [5, 5.41) is 5.29. The maximum Gasteiger partial charge on any atom is 0.350 e. The zero-order valence-corrected chi connectivity index (χ0v) is 28.9. The Morgan fingerprint density at radius 3 is 2.39 bits per heavy atom. The van der Waals surface area contributed by atoms with Crippen molar-refractivity contribution in [1.82, 2.24) is 28.9 Å². The minimum absolute atomic E-state index is 0.0618. The van der Waals surface area contributed by atoms with E-state index in [4.69, 9.17) is 37.4 Å². The summed E-state index contributed by atoms with van der Waals surface area (Å²) >= 11 is 12.8. The van der Waals surface area contributed by atoms with Gasteiger partial charge in [0, 0.05) is 60.9 Å². The normalized spacial score (nSPS) is 20.1. The highest BCUT2D eigenvalue weighted by Gasteiger charge is 2.45. The molecule has 3 atom stereocenters. The van der Waals surface area contributed by atoms with Crippen LogP contribution in [0.3, 0.4) is 0 Å². The van der Waals surface area contributed by atoms with Crippen LogP contribution in [0.5, 0.6) is 5.88 Å². The van der Waals surface area contributed by atoms with Gasteiger partial charge in [-0.05, 0) is 55.8 Å². The van der Waals surface area contributed by atoms with E-state index in [9.17, 15) is 4.79 Å². The van der Waals surface area contributed by atoms with Gasteiger partial charge in [-0.1, -0.05) is 36.2 Å². The molecule has 14 heteroatoms. The molecule has 0 N–H and O–H groups in total. The first-order valence-electron chi connectivity index (χ1n) is 16.4. The number of pyridine rings is 1. The summed E-state index contributed by atoms with van der Waals surface area (Å²) in [6, 6.07) is 17.4. The van der Waals surface area contributed by atoms with E-state index in [0.29, 0.717) is 34.6 Å². The molecule has 2 saturated heterocycles. The SMILES string of the molecule is CC[C@@H](C)n1ncn(-c2ccc(N3CCN(c4ccc(OC[C@@H]5CO[C@@](Cn6ccnc6)(c6ccc(Cl)cc6Cl)O5)nc4)CC3)cc2)c1=O. The highest BCUT2D eigenvalue weighted by atomic mass is 35.5. The number of imidazole rings is 1. The highest BCUT2D eigenvalue weighted by Crippen LogP contribution is 2.40. The third-order valence-electron chi connectivity index (χ3n) is 9.13. The summed E-state index contributed by atoms with van der Waals surface area (Å²) in [5.74, 6) is -0.606. The number of aromatic nitrogens is 6. The summed E-state index contributed by atoms with van der Waals surface area (Å²) in [4.78, 5) is 26.2. The van der Waals surface area contributed by atoms with Crippen LogP contribution in [0.1, 0.15) is 31.9 Å². The van der Waals surface area contributed by atoms with Crippen LogP contribution in [0.15, 0.2) is 90.6 Å². The Hall–Kier alpha value is -4.36. The predicted molar refractivity (Wildman–Crippen MR) is 188 cm³/mol. The van der Waals surface area contributed by atoms with Crippen LogP contribution in [-0.2, 0) is 21.8 Å². The number of piperazine rings is 1. The van der Waals surface area contributed by atoms with Crippen LogP contribution in [0, 0.1) is 0 Å². The average molecular weight is 706 g/mol. The van der Waals surface area contributed by atoms with Gasteiger partial charge in [-0.15, -0.1) is 0 Å². The van der Waals surface area contributed by atoms with Crippen LogP contribution in [0.4, 0.5) is 11.4 Å². The number of hydrogen-bond acceptors (Lipinski definition) is 9. The van der Waals surface area contributed by atoms with Crippen molar-refractivity contribution in [1.29, 1.82) is 0 Å². The molecule has 2 aliphatic rings. The molecule has 49 heavy (non-hydrogen) atoms. The van der Waals surface area contributed by atoms with E-state index in [2.05, 4.69) is 37.0 Å². The quantitative estimate of drug-likeness (QED) is 0.174. The van der Waals surface area contributed by atoms with Gasteiger partial charge in [-0.25, -0.2) is 24.0 Å². The summed E-state index contributed by atoms with van der Waals surface area (Å²) in [5.41, 5.74) is 3.54. The van der Waals surface area contributed by atoms with Gasteiger partial charge in [0.25, 0.3) is 0 Å². The smallest absolute Gasteiger partial charge is 0.350 e. The first-order valence-corrected chi connectivity index (χ1v) is 17.2. The number of nitrogens with zero attached hydrogens (tertiary/aromatic N) is 8. The molecule has 0 unspecified atom stereocenters. The molecule has 5 heterocycles. The molecule has 0 spiro atoms. The summed E-state index contributed by atoms with van der Waals surface area (Å²) in [6.45, 7) is 8.41. The predicted octanol–water partition coefficient (Wildman–Crippen LogP) is 5.58. The topological polar surface area (TPSA) is 105 Å². The van der Waals surface area contributed by atoms with Crippen LogP contribution in [0.25, 0.3) is 5.69 Å². The third-order valence-corrected chi connectivity index (χ3v) is 9.68. The Morgan fingerprint density at radius 1 is 0.980 bits per heavy atom. The van der Waals surface area contributed by atoms with Crippen molar-refractivity contribution in [2.75, 3.05) is 49.2 Å². The number of ether oxygens (including phenoxy) is 3. The highest BCUT2D eigenvalue weighted by molar-refractivity contribution is 6.35. The molecule has 0 radical (unpaired) electrons. The lowest BCUT2D eigenvalue weighted by Gasteiger charge is -2.37. The summed E-state index contributed by atoms with van der Waals surface area (Å²) in [6.07, 6.45) is 9.21. The number of hydrogen-bond donors (Lipinski definition) is 0. The molecule has 12 nitrogen and oxygen atoms in total. The summed E-state index contributed by atoms with van der Waals surface area (Å²) < 4.78 is 23.8. The van der Waals surface area contributed by atoms with Crippen molar-refractivity contribution >= 4 is 34.6 Å². The fraction of sp³-hybridized carbons (Fsp3) is 0.371. The van der Waals surface area contributed by atoms with E-state index in [1.807, 2.05) is 61.1 Å². The van der Waals surface area contributed by atoms with Crippen molar-refractivity contribution in [2.24, 2.45) is 0 Å². The van der Waals surface area contributed by atoms with E-state index in [0.717, 1.165) is 49.7 Å². The van der Waals surface area contributed by atoms with E-state index in [1.165, 1.54) is 4.68 Å².